The number of nitrogens with zero attached hydrogens (tertiary/aromatic N) is 1. The molecule has 1 atom stereocenters. The number of hydrogen-bond donors (Lipinski definition) is 1. The van der Waals surface area contributed by atoms with Crippen LogP contribution in [0.5, 0.6) is 0 Å². The zero-order chi connectivity index (χ0) is 17.1. The molecule has 136 valence electrons. The number of piperidine rings is 1. The van der Waals surface area contributed by atoms with Gasteiger partial charge < -0.3 is 19.7 Å². The molecule has 0 aromatic carbocycles. The van der Waals surface area contributed by atoms with Crippen LogP contribution in [0.15, 0.2) is 0 Å². The Balaban J connectivity index is 0.000000322. The maximum absolute atomic E-state index is 9.60. The summed E-state index contributed by atoms with van der Waals surface area (Å²) in [6, 6.07) is 0.785. The smallest absolute Gasteiger partial charge is 0.293 e. The normalized spacial score (nSPS) is 23.2. The van der Waals surface area contributed by atoms with Crippen molar-refractivity contribution in [3.8, 4) is 0 Å². The highest BCUT2D eigenvalue weighted by molar-refractivity contribution is 5.37. The van der Waals surface area contributed by atoms with Crippen molar-refractivity contribution < 1.29 is 14.3 Å². The first-order chi connectivity index (χ1) is 10.9. The predicted molar refractivity (Wildman–Crippen MR) is 93.6 cm³/mol. The zero-order valence-corrected chi connectivity index (χ0v) is 15.5. The molecular formula is C18H36N2O3. The van der Waals surface area contributed by atoms with Gasteiger partial charge >= 0.3 is 0 Å². The Hall–Kier alpha value is -0.650. The molecule has 2 saturated heterocycles. The maximum atomic E-state index is 9.60. The van der Waals surface area contributed by atoms with Gasteiger partial charge in [0.2, 0.25) is 0 Å². The van der Waals surface area contributed by atoms with Crippen LogP contribution in [-0.2, 0) is 14.3 Å². The minimum Gasteiger partial charge on any atom is -0.462 e. The molecule has 1 N–H and O–H groups in total. The van der Waals surface area contributed by atoms with Crippen LogP contribution in [0.1, 0.15) is 52.9 Å². The lowest BCUT2D eigenvalue weighted by Crippen LogP contribution is -2.30. The highest BCUT2D eigenvalue weighted by Crippen LogP contribution is 2.18. The van der Waals surface area contributed by atoms with Gasteiger partial charge in [-0.1, -0.05) is 0 Å². The summed E-state index contributed by atoms with van der Waals surface area (Å²) in [7, 11) is 2.24. The zero-order valence-electron chi connectivity index (χ0n) is 15.5. The third kappa shape index (κ3) is 9.95. The summed E-state index contributed by atoms with van der Waals surface area (Å²) in [4.78, 5) is 12.1. The van der Waals surface area contributed by atoms with E-state index in [0.29, 0.717) is 6.47 Å². The number of carbonyl (C=O) groups excluding carboxylic acids is 1. The molecular weight excluding hydrogens is 292 g/mol. The van der Waals surface area contributed by atoms with Crippen LogP contribution >= 0.6 is 0 Å². The second-order valence-corrected chi connectivity index (χ2v) is 7.66. The van der Waals surface area contributed by atoms with Gasteiger partial charge in [-0.15, -0.1) is 0 Å². The molecule has 23 heavy (non-hydrogen) atoms. The summed E-state index contributed by atoms with van der Waals surface area (Å²) in [6.07, 6.45) is 6.55. The summed E-state index contributed by atoms with van der Waals surface area (Å²) >= 11 is 0. The Labute approximate surface area is 142 Å². The number of hydrogen-bond acceptors (Lipinski definition) is 5. The quantitative estimate of drug-likeness (QED) is 0.599. The lowest BCUT2D eigenvalue weighted by atomic mass is 9.99. The van der Waals surface area contributed by atoms with E-state index in [0.717, 1.165) is 25.2 Å². The number of likely N-dealkylation sites (tertiary alicyclic amines) is 1. The van der Waals surface area contributed by atoms with E-state index in [1.807, 2.05) is 20.8 Å². The van der Waals surface area contributed by atoms with E-state index in [1.165, 1.54) is 51.7 Å². The topological polar surface area (TPSA) is 50.8 Å². The third-order valence-corrected chi connectivity index (χ3v) is 4.48. The molecule has 2 heterocycles. The van der Waals surface area contributed by atoms with Crippen LogP contribution in [0.4, 0.5) is 0 Å². The average Bonchev–Trinajstić information content (AvgIpc) is 2.90. The number of nitrogens with one attached hydrogen (secondary N) is 1. The fourth-order valence-corrected chi connectivity index (χ4v) is 3.01. The van der Waals surface area contributed by atoms with Crippen molar-refractivity contribution in [1.82, 2.24) is 10.2 Å². The molecule has 0 aromatic heterocycles. The van der Waals surface area contributed by atoms with Crippen LogP contribution in [-0.4, -0.2) is 62.9 Å². The molecule has 2 aliphatic heterocycles. The first-order valence-electron chi connectivity index (χ1n) is 9.02. The van der Waals surface area contributed by atoms with Gasteiger partial charge in [0, 0.05) is 19.3 Å². The molecule has 5 heteroatoms. The average molecular weight is 328 g/mol. The molecule has 1 unspecified atom stereocenters. The van der Waals surface area contributed by atoms with E-state index in [1.54, 1.807) is 0 Å². The highest BCUT2D eigenvalue weighted by atomic mass is 16.5. The largest absolute Gasteiger partial charge is 0.462 e. The van der Waals surface area contributed by atoms with Gasteiger partial charge in [0.05, 0.1) is 0 Å². The van der Waals surface area contributed by atoms with Crippen LogP contribution in [0.3, 0.4) is 0 Å². The molecule has 0 bridgehead atoms. The van der Waals surface area contributed by atoms with Crippen molar-refractivity contribution in [3.05, 3.63) is 0 Å². The van der Waals surface area contributed by atoms with E-state index in [2.05, 4.69) is 22.0 Å². The van der Waals surface area contributed by atoms with Gasteiger partial charge in [0.25, 0.3) is 6.47 Å². The molecule has 2 fully saturated rings. The van der Waals surface area contributed by atoms with Gasteiger partial charge in [-0.2, -0.15) is 0 Å². The van der Waals surface area contributed by atoms with Crippen molar-refractivity contribution in [3.63, 3.8) is 0 Å². The molecule has 5 nitrogen and oxygen atoms in total. The fraction of sp³-hybridized carbons (Fsp3) is 0.944. The molecule has 0 saturated carbocycles. The predicted octanol–water partition coefficient (Wildman–Crippen LogP) is 2.44. The number of ether oxygens (including phenoxy) is 2. The molecule has 2 rings (SSSR count). The van der Waals surface area contributed by atoms with Crippen molar-refractivity contribution in [2.45, 2.75) is 64.5 Å². The van der Waals surface area contributed by atoms with Gasteiger partial charge in [-0.25, -0.2) is 0 Å². The summed E-state index contributed by atoms with van der Waals surface area (Å²) < 4.78 is 10.4. The molecule has 0 aromatic rings. The Morgan fingerprint density at radius 3 is 2.39 bits per heavy atom. The minimum absolute atomic E-state index is 0.318. The Kier molecular flexibility index (Phi) is 9.75. The third-order valence-electron chi connectivity index (χ3n) is 4.48. The lowest BCUT2D eigenvalue weighted by Gasteiger charge is -2.23. The van der Waals surface area contributed by atoms with E-state index in [-0.39, 0.29) is 5.60 Å². The van der Waals surface area contributed by atoms with E-state index >= 15 is 0 Å². The Morgan fingerprint density at radius 1 is 1.22 bits per heavy atom. The molecule has 0 amide bonds. The van der Waals surface area contributed by atoms with Gasteiger partial charge in [-0.3, -0.25) is 4.79 Å². The molecule has 0 aliphatic carbocycles. The summed E-state index contributed by atoms with van der Waals surface area (Å²) in [5.41, 5.74) is -0.318. The van der Waals surface area contributed by atoms with Gasteiger partial charge in [0.15, 0.2) is 0 Å². The summed E-state index contributed by atoms with van der Waals surface area (Å²) in [5, 5.41) is 3.39. The van der Waals surface area contributed by atoms with Crippen molar-refractivity contribution in [1.29, 1.82) is 0 Å². The van der Waals surface area contributed by atoms with Crippen molar-refractivity contribution >= 4 is 6.47 Å². The fourth-order valence-electron chi connectivity index (χ4n) is 3.01. The van der Waals surface area contributed by atoms with E-state index in [4.69, 9.17) is 4.74 Å². The first kappa shape index (κ1) is 20.4. The monoisotopic (exact) mass is 328 g/mol. The number of carbonyl (C=O) groups is 1. The van der Waals surface area contributed by atoms with Crippen LogP contribution in [0.25, 0.3) is 0 Å². The highest BCUT2D eigenvalue weighted by Gasteiger charge is 2.20. The lowest BCUT2D eigenvalue weighted by molar-refractivity contribution is -0.138. The van der Waals surface area contributed by atoms with Crippen molar-refractivity contribution in [2.24, 2.45) is 5.92 Å². The summed E-state index contributed by atoms with van der Waals surface area (Å²) in [5.74, 6) is 0.808. The van der Waals surface area contributed by atoms with Crippen molar-refractivity contribution in [2.75, 3.05) is 39.9 Å². The van der Waals surface area contributed by atoms with Crippen LogP contribution in [0.2, 0.25) is 0 Å². The van der Waals surface area contributed by atoms with Crippen LogP contribution in [0, 0.1) is 5.92 Å². The standard InChI is InChI=1S/C13H26N2O.C5H10O2/c1-15-9-2-3-13(15)6-10-16-11-12-4-7-14-8-5-12;1-5(2,3)7-4-6/h12-14H,2-11H2,1H3;4H,1-3H3. The van der Waals surface area contributed by atoms with Gasteiger partial charge in [0.1, 0.15) is 5.60 Å². The second kappa shape index (κ2) is 11.0. The maximum Gasteiger partial charge on any atom is 0.293 e. The Morgan fingerprint density at radius 2 is 1.91 bits per heavy atom. The molecule has 2 aliphatic rings. The summed E-state index contributed by atoms with van der Waals surface area (Å²) in [6.45, 7) is 11.5. The van der Waals surface area contributed by atoms with E-state index < -0.39 is 0 Å². The van der Waals surface area contributed by atoms with E-state index in [9.17, 15) is 4.79 Å². The first-order valence-corrected chi connectivity index (χ1v) is 9.02. The van der Waals surface area contributed by atoms with Crippen LogP contribution < -0.4 is 5.32 Å². The Bertz CT molecular complexity index is 312. The molecule has 0 spiro atoms. The molecule has 0 radical (unpaired) electrons. The number of rotatable bonds is 6. The second-order valence-electron chi connectivity index (χ2n) is 7.66. The van der Waals surface area contributed by atoms with Gasteiger partial charge in [-0.05, 0) is 85.5 Å². The SMILES string of the molecule is CC(C)(C)OC=O.CN1CCCC1CCOCC1CCNCC1. The minimum atomic E-state index is -0.318.